The normalized spacial score (nSPS) is 23.6. The Morgan fingerprint density at radius 1 is 1.05 bits per heavy atom. The van der Waals surface area contributed by atoms with E-state index in [1.165, 1.54) is 4.90 Å². The highest BCUT2D eigenvalue weighted by Crippen LogP contribution is 2.40. The van der Waals surface area contributed by atoms with E-state index in [1.807, 2.05) is 6.92 Å². The topological polar surface area (TPSA) is 66.5 Å². The van der Waals surface area contributed by atoms with E-state index in [9.17, 15) is 14.4 Å². The fourth-order valence-electron chi connectivity index (χ4n) is 3.40. The number of amides is 4. The van der Waals surface area contributed by atoms with Gasteiger partial charge in [-0.05, 0) is 38.5 Å². The molecule has 118 valence electrons. The second-order valence-corrected chi connectivity index (χ2v) is 6.90. The highest BCUT2D eigenvalue weighted by molar-refractivity contribution is 6.19. The molecule has 0 aromatic heterocycles. The number of hydrogen-bond acceptors (Lipinski definition) is 3. The number of nitrogens with one attached hydrogen (secondary N) is 1. The van der Waals surface area contributed by atoms with Gasteiger partial charge >= 0.3 is 6.03 Å². The first-order valence-electron chi connectivity index (χ1n) is 8.07. The highest BCUT2D eigenvalue weighted by Gasteiger charge is 2.54. The molecule has 0 aromatic rings. The predicted octanol–water partition coefficient (Wildman–Crippen LogP) is 2.84. The van der Waals surface area contributed by atoms with E-state index in [0.29, 0.717) is 18.8 Å². The van der Waals surface area contributed by atoms with E-state index < -0.39 is 11.4 Å². The van der Waals surface area contributed by atoms with Crippen molar-refractivity contribution in [1.82, 2.24) is 10.2 Å². The van der Waals surface area contributed by atoms with Crippen LogP contribution in [0.15, 0.2) is 0 Å². The minimum Gasteiger partial charge on any atom is -0.277 e. The van der Waals surface area contributed by atoms with Gasteiger partial charge in [-0.2, -0.15) is 0 Å². The van der Waals surface area contributed by atoms with Crippen molar-refractivity contribution in [3.05, 3.63) is 0 Å². The van der Waals surface area contributed by atoms with Gasteiger partial charge in [0, 0.05) is 6.04 Å². The van der Waals surface area contributed by atoms with Crippen LogP contribution in [-0.4, -0.2) is 28.8 Å². The molecule has 1 unspecified atom stereocenters. The molecule has 1 aliphatic carbocycles. The van der Waals surface area contributed by atoms with Crippen molar-refractivity contribution in [3.8, 4) is 0 Å². The first kappa shape index (κ1) is 16.0. The standard InChI is InChI=1S/C16H26N2O3/c1-11(2)7-8-12(3)18-14(20)16(9-5-4-6-10-16)13(19)17-15(18)21/h11-12H,4-10H2,1-3H3,(H,17,19,21). The largest absolute Gasteiger partial charge is 0.331 e. The second kappa shape index (κ2) is 6.16. The molecular weight excluding hydrogens is 268 g/mol. The first-order valence-corrected chi connectivity index (χ1v) is 8.07. The molecule has 4 amide bonds. The maximum atomic E-state index is 12.9. The Kier molecular flexibility index (Phi) is 4.69. The number of hydrogen-bond donors (Lipinski definition) is 1. The van der Waals surface area contributed by atoms with Gasteiger partial charge in [0.15, 0.2) is 0 Å². The maximum absolute atomic E-state index is 12.9. The van der Waals surface area contributed by atoms with Crippen LogP contribution >= 0.6 is 0 Å². The van der Waals surface area contributed by atoms with Crippen molar-refractivity contribution >= 4 is 17.8 Å². The minimum absolute atomic E-state index is 0.160. The van der Waals surface area contributed by atoms with E-state index in [0.717, 1.165) is 32.1 Å². The summed E-state index contributed by atoms with van der Waals surface area (Å²) in [6.07, 6.45) is 5.68. The fourth-order valence-corrected chi connectivity index (χ4v) is 3.40. The van der Waals surface area contributed by atoms with Gasteiger partial charge < -0.3 is 0 Å². The summed E-state index contributed by atoms with van der Waals surface area (Å²) < 4.78 is 0. The fraction of sp³-hybridized carbons (Fsp3) is 0.812. The van der Waals surface area contributed by atoms with Crippen LogP contribution in [0, 0.1) is 11.3 Å². The summed E-state index contributed by atoms with van der Waals surface area (Å²) in [6, 6.07) is -0.704. The van der Waals surface area contributed by atoms with Crippen LogP contribution in [0.2, 0.25) is 0 Å². The number of rotatable bonds is 4. The Hall–Kier alpha value is -1.39. The molecule has 2 rings (SSSR count). The lowest BCUT2D eigenvalue weighted by Gasteiger charge is -2.43. The summed E-state index contributed by atoms with van der Waals surface area (Å²) in [5, 5.41) is 2.42. The lowest BCUT2D eigenvalue weighted by molar-refractivity contribution is -0.155. The van der Waals surface area contributed by atoms with E-state index in [-0.39, 0.29) is 17.9 Å². The van der Waals surface area contributed by atoms with Gasteiger partial charge in [-0.1, -0.05) is 33.1 Å². The molecule has 5 heteroatoms. The van der Waals surface area contributed by atoms with Gasteiger partial charge in [-0.25, -0.2) is 4.79 Å². The van der Waals surface area contributed by atoms with Gasteiger partial charge in [0.1, 0.15) is 5.41 Å². The number of urea groups is 1. The minimum atomic E-state index is -0.988. The third-order valence-electron chi connectivity index (χ3n) is 4.81. The number of imide groups is 2. The third-order valence-corrected chi connectivity index (χ3v) is 4.81. The van der Waals surface area contributed by atoms with Crippen LogP contribution in [0.3, 0.4) is 0 Å². The van der Waals surface area contributed by atoms with E-state index >= 15 is 0 Å². The van der Waals surface area contributed by atoms with Crippen LogP contribution in [0.25, 0.3) is 0 Å². The summed E-state index contributed by atoms with van der Waals surface area (Å²) in [7, 11) is 0. The maximum Gasteiger partial charge on any atom is 0.331 e. The Morgan fingerprint density at radius 2 is 1.67 bits per heavy atom. The van der Waals surface area contributed by atoms with Gasteiger partial charge in [-0.15, -0.1) is 0 Å². The number of nitrogens with zero attached hydrogens (tertiary/aromatic N) is 1. The van der Waals surface area contributed by atoms with Crippen molar-refractivity contribution in [1.29, 1.82) is 0 Å². The van der Waals surface area contributed by atoms with Crippen LogP contribution < -0.4 is 5.32 Å². The van der Waals surface area contributed by atoms with Crippen LogP contribution in [0.5, 0.6) is 0 Å². The third kappa shape index (κ3) is 2.97. The van der Waals surface area contributed by atoms with Gasteiger partial charge in [0.2, 0.25) is 11.8 Å². The first-order chi connectivity index (χ1) is 9.88. The monoisotopic (exact) mass is 294 g/mol. The van der Waals surface area contributed by atoms with Gasteiger partial charge in [-0.3, -0.25) is 19.8 Å². The molecule has 1 heterocycles. The predicted molar refractivity (Wildman–Crippen MR) is 79.4 cm³/mol. The van der Waals surface area contributed by atoms with Gasteiger partial charge in [0.25, 0.3) is 0 Å². The second-order valence-electron chi connectivity index (χ2n) is 6.90. The molecule has 5 nitrogen and oxygen atoms in total. The lowest BCUT2D eigenvalue weighted by Crippen LogP contribution is -2.66. The molecule has 1 spiro atoms. The molecule has 0 bridgehead atoms. The molecule has 0 radical (unpaired) electrons. The average molecular weight is 294 g/mol. The quantitative estimate of drug-likeness (QED) is 0.811. The number of carbonyl (C=O) groups excluding carboxylic acids is 3. The van der Waals surface area contributed by atoms with Gasteiger partial charge in [0.05, 0.1) is 0 Å². The van der Waals surface area contributed by atoms with E-state index in [4.69, 9.17) is 0 Å². The number of barbiturate groups is 1. The molecule has 1 aliphatic heterocycles. The zero-order valence-corrected chi connectivity index (χ0v) is 13.3. The van der Waals surface area contributed by atoms with E-state index in [1.54, 1.807) is 0 Å². The van der Waals surface area contributed by atoms with Crippen molar-refractivity contribution in [2.45, 2.75) is 71.8 Å². The molecule has 2 aliphatic rings. The van der Waals surface area contributed by atoms with Crippen molar-refractivity contribution in [3.63, 3.8) is 0 Å². The summed E-state index contributed by atoms with van der Waals surface area (Å²) in [6.45, 7) is 6.14. The highest BCUT2D eigenvalue weighted by atomic mass is 16.2. The Morgan fingerprint density at radius 3 is 2.24 bits per heavy atom. The Bertz CT molecular complexity index is 439. The molecule has 2 fully saturated rings. The molecule has 1 saturated carbocycles. The zero-order chi connectivity index (χ0) is 15.6. The number of carbonyl (C=O) groups is 3. The SMILES string of the molecule is CC(C)CCC(C)N1C(=O)NC(=O)C2(CCCCC2)C1=O. The van der Waals surface area contributed by atoms with Crippen LogP contribution in [0.4, 0.5) is 4.79 Å². The molecule has 21 heavy (non-hydrogen) atoms. The van der Waals surface area contributed by atoms with Crippen LogP contribution in [-0.2, 0) is 9.59 Å². The van der Waals surface area contributed by atoms with Crippen molar-refractivity contribution in [2.75, 3.05) is 0 Å². The molecular formula is C16H26N2O3. The summed E-state index contributed by atoms with van der Waals surface area (Å²) >= 11 is 0. The van der Waals surface area contributed by atoms with E-state index in [2.05, 4.69) is 19.2 Å². The van der Waals surface area contributed by atoms with Crippen molar-refractivity contribution < 1.29 is 14.4 Å². The summed E-state index contributed by atoms with van der Waals surface area (Å²) in [5.74, 6) is -0.127. The van der Waals surface area contributed by atoms with Crippen LogP contribution in [0.1, 0.15) is 65.7 Å². The van der Waals surface area contributed by atoms with Crippen molar-refractivity contribution in [2.24, 2.45) is 11.3 Å². The molecule has 1 saturated heterocycles. The zero-order valence-electron chi connectivity index (χ0n) is 13.3. The lowest BCUT2D eigenvalue weighted by atomic mass is 9.71. The summed E-state index contributed by atoms with van der Waals surface area (Å²) in [4.78, 5) is 38.5. The summed E-state index contributed by atoms with van der Waals surface area (Å²) in [5.41, 5.74) is -0.988. The Labute approximate surface area is 126 Å². The average Bonchev–Trinajstić information content (AvgIpc) is 2.44. The Balaban J connectivity index is 2.18. The molecule has 0 aromatic carbocycles. The smallest absolute Gasteiger partial charge is 0.277 e. The molecule has 1 N–H and O–H groups in total. The molecule has 1 atom stereocenters.